The molecule has 0 atom stereocenters. The minimum Gasteiger partial charge on any atom is -0.456 e. The van der Waals surface area contributed by atoms with Crippen molar-refractivity contribution in [3.05, 3.63) is 164 Å². The molecule has 0 saturated carbocycles. The number of hydrogen-bond acceptors (Lipinski definition) is 5. The first-order chi connectivity index (χ1) is 24.8. The van der Waals surface area contributed by atoms with Crippen LogP contribution < -0.4 is 0 Å². The molecule has 234 valence electrons. The molecule has 0 aliphatic rings. The number of benzene rings is 6. The van der Waals surface area contributed by atoms with Crippen LogP contribution in [-0.2, 0) is 0 Å². The van der Waals surface area contributed by atoms with E-state index in [1.807, 2.05) is 60.8 Å². The van der Waals surface area contributed by atoms with Crippen LogP contribution in [0.3, 0.4) is 0 Å². The summed E-state index contributed by atoms with van der Waals surface area (Å²) in [5.41, 5.74) is 12.1. The van der Waals surface area contributed by atoms with E-state index in [2.05, 4.69) is 102 Å². The van der Waals surface area contributed by atoms with Crippen LogP contribution >= 0.6 is 0 Å². The molecular weight excluding hydrogens is 615 g/mol. The number of pyridine rings is 1. The Balaban J connectivity index is 1.17. The van der Waals surface area contributed by atoms with E-state index in [1.54, 1.807) is 6.20 Å². The monoisotopic (exact) mass is 641 g/mol. The van der Waals surface area contributed by atoms with Crippen LogP contribution in [-0.4, -0.2) is 15.0 Å². The summed E-state index contributed by atoms with van der Waals surface area (Å²) < 4.78 is 12.9. The fourth-order valence-electron chi connectivity index (χ4n) is 6.98. The maximum atomic E-state index is 6.68. The summed E-state index contributed by atoms with van der Waals surface area (Å²) in [7, 11) is 0. The maximum Gasteiger partial charge on any atom is 0.160 e. The Morgan fingerprint density at radius 1 is 0.400 bits per heavy atom. The van der Waals surface area contributed by atoms with Crippen LogP contribution in [0.5, 0.6) is 0 Å². The van der Waals surface area contributed by atoms with Crippen LogP contribution in [0, 0.1) is 0 Å². The van der Waals surface area contributed by atoms with E-state index >= 15 is 0 Å². The molecule has 50 heavy (non-hydrogen) atoms. The Kier molecular flexibility index (Phi) is 6.42. The molecule has 0 bridgehead atoms. The van der Waals surface area contributed by atoms with Gasteiger partial charge in [0.2, 0.25) is 0 Å². The van der Waals surface area contributed by atoms with Crippen LogP contribution in [0.4, 0.5) is 0 Å². The van der Waals surface area contributed by atoms with Crippen LogP contribution in [0.25, 0.3) is 100 Å². The molecule has 6 aromatic carbocycles. The molecular formula is C45H27N3O2. The summed E-state index contributed by atoms with van der Waals surface area (Å²) in [5.74, 6) is 0.652. The average Bonchev–Trinajstić information content (AvgIpc) is 3.77. The van der Waals surface area contributed by atoms with E-state index in [0.717, 1.165) is 94.2 Å². The van der Waals surface area contributed by atoms with E-state index in [0.29, 0.717) is 5.82 Å². The Hall–Kier alpha value is -6.85. The third-order valence-electron chi connectivity index (χ3n) is 9.43. The molecule has 5 nitrogen and oxygen atoms in total. The van der Waals surface area contributed by atoms with E-state index in [9.17, 15) is 0 Å². The second kappa shape index (κ2) is 11.4. The molecule has 4 heterocycles. The molecule has 0 fully saturated rings. The molecule has 10 rings (SSSR count). The van der Waals surface area contributed by atoms with Crippen molar-refractivity contribution in [1.82, 2.24) is 15.0 Å². The molecule has 0 unspecified atom stereocenters. The van der Waals surface area contributed by atoms with Crippen molar-refractivity contribution in [1.29, 1.82) is 0 Å². The van der Waals surface area contributed by atoms with Crippen LogP contribution in [0.1, 0.15) is 0 Å². The minimum atomic E-state index is 0.652. The third-order valence-corrected chi connectivity index (χ3v) is 9.43. The van der Waals surface area contributed by atoms with Crippen molar-refractivity contribution in [3.63, 3.8) is 0 Å². The zero-order chi connectivity index (χ0) is 33.0. The highest BCUT2D eigenvalue weighted by atomic mass is 16.3. The number of para-hydroxylation sites is 2. The largest absolute Gasteiger partial charge is 0.456 e. The highest BCUT2D eigenvalue weighted by Gasteiger charge is 2.20. The van der Waals surface area contributed by atoms with Gasteiger partial charge in [-0.2, -0.15) is 0 Å². The van der Waals surface area contributed by atoms with Gasteiger partial charge in [0.25, 0.3) is 0 Å². The number of hydrogen-bond donors (Lipinski definition) is 0. The number of fused-ring (bicyclic) bond motifs is 6. The third kappa shape index (κ3) is 4.67. The summed E-state index contributed by atoms with van der Waals surface area (Å²) in [6.07, 6.45) is 3.66. The minimum absolute atomic E-state index is 0.652. The summed E-state index contributed by atoms with van der Waals surface area (Å²) in [5, 5.41) is 4.25. The van der Waals surface area contributed by atoms with Gasteiger partial charge in [-0.1, -0.05) is 109 Å². The predicted molar refractivity (Wildman–Crippen MR) is 202 cm³/mol. The van der Waals surface area contributed by atoms with Gasteiger partial charge in [-0.25, -0.2) is 9.97 Å². The zero-order valence-corrected chi connectivity index (χ0v) is 26.7. The van der Waals surface area contributed by atoms with Gasteiger partial charge in [0.15, 0.2) is 5.82 Å². The Morgan fingerprint density at radius 2 is 1.06 bits per heavy atom. The van der Waals surface area contributed by atoms with Crippen molar-refractivity contribution in [2.24, 2.45) is 0 Å². The Labute approximate surface area is 287 Å². The van der Waals surface area contributed by atoms with E-state index < -0.39 is 0 Å². The first kappa shape index (κ1) is 28.2. The number of furan rings is 2. The van der Waals surface area contributed by atoms with Gasteiger partial charge in [-0.3, -0.25) is 4.98 Å². The van der Waals surface area contributed by atoms with Gasteiger partial charge < -0.3 is 8.83 Å². The molecule has 0 aliphatic carbocycles. The summed E-state index contributed by atoms with van der Waals surface area (Å²) in [6.45, 7) is 0. The zero-order valence-electron chi connectivity index (χ0n) is 26.7. The lowest BCUT2D eigenvalue weighted by atomic mass is 9.95. The molecule has 0 N–H and O–H groups in total. The van der Waals surface area contributed by atoms with Crippen molar-refractivity contribution >= 4 is 43.9 Å². The number of nitrogens with zero attached hydrogens (tertiary/aromatic N) is 3. The summed E-state index contributed by atoms with van der Waals surface area (Å²) >= 11 is 0. The SMILES string of the molecule is c1ccc(-c2cc(-c3ccc(-c4ccc5c(c4)oc4ccccc45)c4oc5ccccc5c34)nc(-c3ccc(-c4cccnc4)cc3)n2)cc1. The maximum absolute atomic E-state index is 6.68. The molecule has 10 aromatic rings. The number of rotatable bonds is 5. The lowest BCUT2D eigenvalue weighted by Crippen LogP contribution is -1.96. The van der Waals surface area contributed by atoms with Crippen molar-refractivity contribution in [2.75, 3.05) is 0 Å². The molecule has 5 heteroatoms. The molecule has 0 amide bonds. The fourth-order valence-corrected chi connectivity index (χ4v) is 6.98. The lowest BCUT2D eigenvalue weighted by molar-refractivity contribution is 0.668. The molecule has 0 aliphatic heterocycles. The fraction of sp³-hybridized carbons (Fsp3) is 0. The van der Waals surface area contributed by atoms with Gasteiger partial charge in [-0.15, -0.1) is 0 Å². The summed E-state index contributed by atoms with van der Waals surface area (Å²) in [4.78, 5) is 14.6. The van der Waals surface area contributed by atoms with Crippen molar-refractivity contribution in [3.8, 4) is 56.2 Å². The standard InChI is InChI=1S/C45H27N3O2/c1-2-9-29(10-3-1)38-26-39(48-45(47-38)30-18-16-28(17-19-30)32-11-8-24-46-27-32)36-23-22-33(44-43(36)37-13-5-7-15-41(37)50-44)31-20-21-35-34-12-4-6-14-40(34)49-42(35)25-31/h1-27H. The number of aromatic nitrogens is 3. The van der Waals surface area contributed by atoms with Crippen LogP contribution in [0.2, 0.25) is 0 Å². The topological polar surface area (TPSA) is 65.0 Å². The van der Waals surface area contributed by atoms with Crippen LogP contribution in [0.15, 0.2) is 173 Å². The van der Waals surface area contributed by atoms with E-state index in [-0.39, 0.29) is 0 Å². The van der Waals surface area contributed by atoms with Crippen molar-refractivity contribution < 1.29 is 8.83 Å². The van der Waals surface area contributed by atoms with Gasteiger partial charge in [0, 0.05) is 56.2 Å². The molecule has 0 spiro atoms. The van der Waals surface area contributed by atoms with E-state index in [4.69, 9.17) is 18.8 Å². The first-order valence-corrected chi connectivity index (χ1v) is 16.6. The second-order valence-electron chi connectivity index (χ2n) is 12.4. The quantitative estimate of drug-likeness (QED) is 0.187. The highest BCUT2D eigenvalue weighted by Crippen LogP contribution is 2.43. The van der Waals surface area contributed by atoms with Gasteiger partial charge in [0.05, 0.1) is 11.4 Å². The smallest absolute Gasteiger partial charge is 0.160 e. The predicted octanol–water partition coefficient (Wildman–Crippen LogP) is 12.0. The van der Waals surface area contributed by atoms with Gasteiger partial charge in [0.1, 0.15) is 22.3 Å². The first-order valence-electron chi connectivity index (χ1n) is 16.6. The Morgan fingerprint density at radius 3 is 1.88 bits per heavy atom. The lowest BCUT2D eigenvalue weighted by Gasteiger charge is -2.12. The van der Waals surface area contributed by atoms with Gasteiger partial charge in [-0.05, 0) is 59.2 Å². The molecule has 0 saturated heterocycles. The van der Waals surface area contributed by atoms with Gasteiger partial charge >= 0.3 is 0 Å². The average molecular weight is 642 g/mol. The highest BCUT2D eigenvalue weighted by molar-refractivity contribution is 6.16. The second-order valence-corrected chi connectivity index (χ2v) is 12.4. The van der Waals surface area contributed by atoms with Crippen molar-refractivity contribution in [2.45, 2.75) is 0 Å². The molecule has 4 aromatic heterocycles. The Bertz CT molecular complexity index is 2850. The molecule has 0 radical (unpaired) electrons. The normalized spacial score (nSPS) is 11.6. The summed E-state index contributed by atoms with van der Waals surface area (Å²) in [6, 6.07) is 51.8. The van der Waals surface area contributed by atoms with E-state index in [1.165, 1.54) is 0 Å².